The van der Waals surface area contributed by atoms with E-state index in [0.29, 0.717) is 12.8 Å². The van der Waals surface area contributed by atoms with Crippen molar-refractivity contribution in [3.63, 3.8) is 0 Å². The molecular weight excluding hydrogens is 130 g/mol. The summed E-state index contributed by atoms with van der Waals surface area (Å²) in [7, 11) is 0. The van der Waals surface area contributed by atoms with Crippen molar-refractivity contribution in [1.82, 2.24) is 0 Å². The molecule has 1 rings (SSSR count). The molecule has 0 spiro atoms. The minimum Gasteiger partial charge on any atom is -0.389 e. The summed E-state index contributed by atoms with van der Waals surface area (Å²) in [4.78, 5) is 2.66. The molecule has 1 aliphatic rings. The highest BCUT2D eigenvalue weighted by molar-refractivity contribution is 5.11. The third-order valence-corrected chi connectivity index (χ3v) is 1.68. The minimum atomic E-state index is -0.463. The fraction of sp³-hybridized carbons (Fsp3) is 0.667. The molecule has 0 radical (unpaired) electrons. The average molecular weight is 139 g/mol. The zero-order valence-electron chi connectivity index (χ0n) is 5.56. The molecule has 0 aromatic carbocycles. The molecule has 1 fully saturated rings. The predicted octanol–water partition coefficient (Wildman–Crippen LogP) is 1.38. The number of hydrogen-bond acceptors (Lipinski definition) is 2. The monoisotopic (exact) mass is 139 g/mol. The van der Waals surface area contributed by atoms with Crippen molar-refractivity contribution < 1.29 is 5.11 Å². The van der Waals surface area contributed by atoms with E-state index >= 15 is 0 Å². The molecule has 2 atom stereocenters. The lowest BCUT2D eigenvalue weighted by Gasteiger charge is -1.97. The zero-order chi connectivity index (χ0) is 7.56. The van der Waals surface area contributed by atoms with Crippen LogP contribution in [0.15, 0.2) is 17.3 Å². The lowest BCUT2D eigenvalue weighted by atomic mass is 10.2. The summed E-state index contributed by atoms with van der Waals surface area (Å²) in [6, 6.07) is -0.0764. The van der Waals surface area contributed by atoms with Gasteiger partial charge < -0.3 is 5.11 Å². The molecule has 0 heterocycles. The van der Waals surface area contributed by atoms with Crippen molar-refractivity contribution in [2.45, 2.75) is 25.0 Å². The zero-order valence-corrected chi connectivity index (χ0v) is 5.56. The molecule has 4 nitrogen and oxygen atoms in total. The van der Waals surface area contributed by atoms with Gasteiger partial charge >= 0.3 is 0 Å². The van der Waals surface area contributed by atoms with Crippen LogP contribution in [0.1, 0.15) is 12.8 Å². The maximum atomic E-state index is 9.11. The molecule has 0 saturated heterocycles. The molecule has 4 heteroatoms. The number of azide groups is 1. The van der Waals surface area contributed by atoms with Crippen LogP contribution in [0.3, 0.4) is 0 Å². The van der Waals surface area contributed by atoms with Crippen molar-refractivity contribution in [2.24, 2.45) is 5.11 Å². The number of rotatable bonds is 1. The van der Waals surface area contributed by atoms with Crippen molar-refractivity contribution >= 4 is 0 Å². The van der Waals surface area contributed by atoms with Gasteiger partial charge in [0.15, 0.2) is 0 Å². The lowest BCUT2D eigenvalue weighted by molar-refractivity contribution is 0.215. The molecule has 54 valence electrons. The smallest absolute Gasteiger partial charge is 0.0751 e. The number of aliphatic hydroxyl groups is 1. The molecule has 0 aromatic rings. The Bertz CT molecular complexity index is 195. The van der Waals surface area contributed by atoms with E-state index in [1.54, 1.807) is 0 Å². The molecule has 0 amide bonds. The van der Waals surface area contributed by atoms with Gasteiger partial charge in [-0.3, -0.25) is 0 Å². The van der Waals surface area contributed by atoms with Gasteiger partial charge in [-0.25, -0.2) is 0 Å². The Kier molecular flexibility index (Phi) is 1.94. The highest BCUT2D eigenvalue weighted by atomic mass is 16.3. The Morgan fingerprint density at radius 1 is 1.80 bits per heavy atom. The Hall–Kier alpha value is -0.990. The summed E-state index contributed by atoms with van der Waals surface area (Å²) in [5.41, 5.74) is 8.82. The van der Waals surface area contributed by atoms with E-state index in [1.165, 1.54) is 0 Å². The molecule has 1 N–H and O–H groups in total. The molecule has 0 bridgehead atoms. The number of hydrogen-bond donors (Lipinski definition) is 1. The summed E-state index contributed by atoms with van der Waals surface area (Å²) >= 11 is 0. The lowest BCUT2D eigenvalue weighted by Crippen LogP contribution is -2.02. The summed E-state index contributed by atoms with van der Waals surface area (Å²) in [5, 5.41) is 12.6. The molecule has 1 aliphatic carbocycles. The van der Waals surface area contributed by atoms with Crippen molar-refractivity contribution in [2.75, 3.05) is 0 Å². The molecule has 0 aromatic heterocycles. The Morgan fingerprint density at radius 2 is 2.50 bits per heavy atom. The van der Waals surface area contributed by atoms with Crippen LogP contribution in [0, 0.1) is 0 Å². The van der Waals surface area contributed by atoms with Crippen LogP contribution in [0.25, 0.3) is 10.4 Å². The largest absolute Gasteiger partial charge is 0.389 e. The van der Waals surface area contributed by atoms with Crippen LogP contribution >= 0.6 is 0 Å². The first-order valence-corrected chi connectivity index (χ1v) is 3.14. The van der Waals surface area contributed by atoms with Crippen molar-refractivity contribution in [3.05, 3.63) is 22.6 Å². The fourth-order valence-corrected chi connectivity index (χ4v) is 1.11. The predicted molar refractivity (Wildman–Crippen MR) is 37.3 cm³/mol. The van der Waals surface area contributed by atoms with Gasteiger partial charge in [-0.05, 0) is 23.9 Å². The quantitative estimate of drug-likeness (QED) is 0.253. The average Bonchev–Trinajstić information content (AvgIpc) is 2.14. The third-order valence-electron chi connectivity index (χ3n) is 1.68. The van der Waals surface area contributed by atoms with E-state index in [0.717, 1.165) is 5.57 Å². The molecule has 10 heavy (non-hydrogen) atoms. The minimum absolute atomic E-state index is 0.0764. The van der Waals surface area contributed by atoms with Crippen LogP contribution in [0.5, 0.6) is 0 Å². The van der Waals surface area contributed by atoms with Gasteiger partial charge in [0.2, 0.25) is 0 Å². The summed E-state index contributed by atoms with van der Waals surface area (Å²) in [5.74, 6) is 0. The first-order valence-electron chi connectivity index (χ1n) is 3.14. The van der Waals surface area contributed by atoms with Gasteiger partial charge in [-0.2, -0.15) is 0 Å². The van der Waals surface area contributed by atoms with Crippen LogP contribution in [-0.4, -0.2) is 17.3 Å². The highest BCUT2D eigenvalue weighted by Gasteiger charge is 2.24. The summed E-state index contributed by atoms with van der Waals surface area (Å²) < 4.78 is 0. The number of aliphatic hydroxyl groups excluding tert-OH is 1. The summed E-state index contributed by atoms with van der Waals surface area (Å²) in [6.07, 6.45) is 0.698. The first-order chi connectivity index (χ1) is 4.74. The third kappa shape index (κ3) is 1.29. The van der Waals surface area contributed by atoms with Gasteiger partial charge in [0.25, 0.3) is 0 Å². The van der Waals surface area contributed by atoms with Crippen LogP contribution < -0.4 is 0 Å². The molecule has 1 saturated carbocycles. The van der Waals surface area contributed by atoms with Crippen molar-refractivity contribution in [1.29, 1.82) is 0 Å². The SMILES string of the molecule is C=C1C[C@@H](N=[N+]=[N-])C[C@H]1O. The van der Waals surface area contributed by atoms with Gasteiger partial charge in [-0.15, -0.1) is 0 Å². The fourth-order valence-electron chi connectivity index (χ4n) is 1.11. The van der Waals surface area contributed by atoms with E-state index in [9.17, 15) is 0 Å². The molecule has 0 unspecified atom stereocenters. The van der Waals surface area contributed by atoms with Gasteiger partial charge in [0, 0.05) is 11.0 Å². The van der Waals surface area contributed by atoms with E-state index in [4.69, 9.17) is 10.6 Å². The van der Waals surface area contributed by atoms with E-state index in [2.05, 4.69) is 16.6 Å². The summed E-state index contributed by atoms with van der Waals surface area (Å²) in [6.45, 7) is 3.63. The number of nitrogens with zero attached hydrogens (tertiary/aromatic N) is 3. The molecular formula is C6H9N3O. The van der Waals surface area contributed by atoms with Gasteiger partial charge in [0.05, 0.1) is 6.10 Å². The Balaban J connectivity index is 2.57. The van der Waals surface area contributed by atoms with Gasteiger partial charge in [0.1, 0.15) is 0 Å². The maximum Gasteiger partial charge on any atom is 0.0751 e. The van der Waals surface area contributed by atoms with E-state index in [-0.39, 0.29) is 6.04 Å². The standard InChI is InChI=1S/C6H9N3O/c1-4-2-5(8-9-7)3-6(4)10/h5-6,10H,1-3H2/t5-,6-/m1/s1. The second kappa shape index (κ2) is 2.73. The van der Waals surface area contributed by atoms with Crippen molar-refractivity contribution in [3.8, 4) is 0 Å². The maximum absolute atomic E-state index is 9.11. The van der Waals surface area contributed by atoms with Crippen LogP contribution in [-0.2, 0) is 0 Å². The highest BCUT2D eigenvalue weighted by Crippen LogP contribution is 2.25. The topological polar surface area (TPSA) is 69.0 Å². The normalized spacial score (nSPS) is 31.9. The van der Waals surface area contributed by atoms with E-state index in [1.807, 2.05) is 0 Å². The first kappa shape index (κ1) is 7.12. The molecule has 0 aliphatic heterocycles. The van der Waals surface area contributed by atoms with E-state index < -0.39 is 6.10 Å². The van der Waals surface area contributed by atoms with Crippen LogP contribution in [0.4, 0.5) is 0 Å². The Morgan fingerprint density at radius 3 is 2.90 bits per heavy atom. The second-order valence-corrected chi connectivity index (χ2v) is 2.47. The van der Waals surface area contributed by atoms with Gasteiger partial charge in [-0.1, -0.05) is 11.7 Å². The van der Waals surface area contributed by atoms with Crippen LogP contribution in [0.2, 0.25) is 0 Å². The second-order valence-electron chi connectivity index (χ2n) is 2.47. The Labute approximate surface area is 58.8 Å².